The maximum Gasteiger partial charge on any atom is 0.410 e. The van der Waals surface area contributed by atoms with Gasteiger partial charge in [-0.2, -0.15) is 0 Å². The molecular formula is C17H31NO4. The van der Waals surface area contributed by atoms with E-state index in [-0.39, 0.29) is 12.1 Å². The summed E-state index contributed by atoms with van der Waals surface area (Å²) in [5.41, 5.74) is 0. The predicted molar refractivity (Wildman–Crippen MR) is 85.7 cm³/mol. The average molecular weight is 313 g/mol. The quantitative estimate of drug-likeness (QED) is 0.478. The number of amides is 1. The number of rotatable bonds is 9. The summed E-state index contributed by atoms with van der Waals surface area (Å²) in [4.78, 5) is 25.9. The molecule has 1 unspecified atom stereocenters. The minimum atomic E-state index is -0.464. The van der Waals surface area contributed by atoms with Gasteiger partial charge in [-0.3, -0.25) is 4.90 Å². The van der Waals surface area contributed by atoms with Crippen LogP contribution in [0.1, 0.15) is 71.6 Å². The third-order valence-corrected chi connectivity index (χ3v) is 3.98. The molecule has 0 aliphatic carbocycles. The Bertz CT molecular complexity index is 333. The number of unbranched alkanes of at least 4 members (excludes halogenated alkanes) is 4. The van der Waals surface area contributed by atoms with Crippen LogP contribution in [0.5, 0.6) is 0 Å². The Hall–Kier alpha value is -1.26. The van der Waals surface area contributed by atoms with Crippen molar-refractivity contribution in [1.82, 2.24) is 4.90 Å². The molecule has 1 heterocycles. The van der Waals surface area contributed by atoms with Crippen molar-refractivity contribution in [2.24, 2.45) is 0 Å². The van der Waals surface area contributed by atoms with E-state index in [1.165, 1.54) is 0 Å². The van der Waals surface area contributed by atoms with Gasteiger partial charge in [0.1, 0.15) is 6.04 Å². The molecule has 128 valence electrons. The van der Waals surface area contributed by atoms with Crippen LogP contribution in [0.2, 0.25) is 0 Å². The van der Waals surface area contributed by atoms with Crippen molar-refractivity contribution >= 4 is 12.1 Å². The standard InChI is InChI=1S/C17H31NO4/c1-3-5-7-10-14-22-17(20)18-12-9-8-11-15(18)16(19)21-13-6-4-2/h15H,3-14H2,1-2H3. The second kappa shape index (κ2) is 11.3. The first-order valence-corrected chi connectivity index (χ1v) is 8.80. The zero-order valence-electron chi connectivity index (χ0n) is 14.1. The number of ether oxygens (including phenoxy) is 2. The van der Waals surface area contributed by atoms with E-state index < -0.39 is 6.04 Å². The molecule has 22 heavy (non-hydrogen) atoms. The summed E-state index contributed by atoms with van der Waals surface area (Å²) in [6, 6.07) is -0.464. The van der Waals surface area contributed by atoms with Gasteiger partial charge in [-0.15, -0.1) is 0 Å². The van der Waals surface area contributed by atoms with E-state index in [1.54, 1.807) is 4.90 Å². The lowest BCUT2D eigenvalue weighted by Gasteiger charge is -2.33. The number of carbonyl (C=O) groups is 2. The maximum atomic E-state index is 12.2. The van der Waals surface area contributed by atoms with Crippen molar-refractivity contribution in [2.45, 2.75) is 77.7 Å². The largest absolute Gasteiger partial charge is 0.464 e. The highest BCUT2D eigenvalue weighted by Gasteiger charge is 2.34. The van der Waals surface area contributed by atoms with E-state index in [0.29, 0.717) is 26.2 Å². The van der Waals surface area contributed by atoms with E-state index >= 15 is 0 Å². The Morgan fingerprint density at radius 3 is 2.41 bits per heavy atom. The Kier molecular flexibility index (Phi) is 9.67. The zero-order chi connectivity index (χ0) is 16.2. The minimum absolute atomic E-state index is 0.281. The van der Waals surface area contributed by atoms with Gasteiger partial charge in [-0.1, -0.05) is 39.5 Å². The van der Waals surface area contributed by atoms with Crippen LogP contribution >= 0.6 is 0 Å². The molecule has 1 amide bonds. The molecule has 0 spiro atoms. The van der Waals surface area contributed by atoms with Gasteiger partial charge < -0.3 is 9.47 Å². The van der Waals surface area contributed by atoms with Crippen molar-refractivity contribution in [1.29, 1.82) is 0 Å². The predicted octanol–water partition coefficient (Wildman–Crippen LogP) is 3.90. The number of esters is 1. The highest BCUT2D eigenvalue weighted by Crippen LogP contribution is 2.19. The van der Waals surface area contributed by atoms with Crippen LogP contribution in [0.25, 0.3) is 0 Å². The monoisotopic (exact) mass is 313 g/mol. The van der Waals surface area contributed by atoms with Crippen LogP contribution in [0, 0.1) is 0 Å². The first-order valence-electron chi connectivity index (χ1n) is 8.80. The normalized spacial score (nSPS) is 18.1. The van der Waals surface area contributed by atoms with Gasteiger partial charge in [0, 0.05) is 6.54 Å². The van der Waals surface area contributed by atoms with Gasteiger partial charge in [-0.25, -0.2) is 9.59 Å². The van der Waals surface area contributed by atoms with Gasteiger partial charge in [0.25, 0.3) is 0 Å². The van der Waals surface area contributed by atoms with E-state index in [0.717, 1.165) is 51.4 Å². The average Bonchev–Trinajstić information content (AvgIpc) is 2.54. The number of hydrogen-bond donors (Lipinski definition) is 0. The third-order valence-electron chi connectivity index (χ3n) is 3.98. The molecule has 0 aromatic heterocycles. The van der Waals surface area contributed by atoms with Crippen molar-refractivity contribution in [3.05, 3.63) is 0 Å². The molecule has 1 aliphatic rings. The number of nitrogens with zero attached hydrogens (tertiary/aromatic N) is 1. The Morgan fingerprint density at radius 1 is 0.955 bits per heavy atom. The van der Waals surface area contributed by atoms with Crippen molar-refractivity contribution in [3.63, 3.8) is 0 Å². The fraction of sp³-hybridized carbons (Fsp3) is 0.882. The van der Waals surface area contributed by atoms with E-state index in [9.17, 15) is 9.59 Å². The molecule has 0 aromatic rings. The number of piperidine rings is 1. The fourth-order valence-electron chi connectivity index (χ4n) is 2.58. The molecule has 1 saturated heterocycles. The SMILES string of the molecule is CCCCCCOC(=O)N1CCCCC1C(=O)OCCCC. The molecule has 5 nitrogen and oxygen atoms in total. The van der Waals surface area contributed by atoms with E-state index in [4.69, 9.17) is 9.47 Å². The van der Waals surface area contributed by atoms with Crippen LogP contribution in [0.3, 0.4) is 0 Å². The van der Waals surface area contributed by atoms with E-state index in [1.807, 2.05) is 0 Å². The Morgan fingerprint density at radius 2 is 1.68 bits per heavy atom. The zero-order valence-corrected chi connectivity index (χ0v) is 14.1. The summed E-state index contributed by atoms with van der Waals surface area (Å²) < 4.78 is 10.6. The number of likely N-dealkylation sites (tertiary alicyclic amines) is 1. The molecule has 1 rings (SSSR count). The Labute approximate surface area is 134 Å². The lowest BCUT2D eigenvalue weighted by atomic mass is 10.0. The third kappa shape index (κ3) is 6.67. The summed E-state index contributed by atoms with van der Waals surface area (Å²) in [6.45, 7) is 5.66. The van der Waals surface area contributed by atoms with Crippen molar-refractivity contribution in [3.8, 4) is 0 Å². The van der Waals surface area contributed by atoms with Gasteiger partial charge in [-0.05, 0) is 32.1 Å². The topological polar surface area (TPSA) is 55.8 Å². The second-order valence-corrected chi connectivity index (χ2v) is 5.90. The summed E-state index contributed by atoms with van der Waals surface area (Å²) in [7, 11) is 0. The smallest absolute Gasteiger partial charge is 0.410 e. The highest BCUT2D eigenvalue weighted by atomic mass is 16.6. The number of carbonyl (C=O) groups excluding carboxylic acids is 2. The van der Waals surface area contributed by atoms with Crippen LogP contribution in [0.4, 0.5) is 4.79 Å². The number of hydrogen-bond acceptors (Lipinski definition) is 4. The summed E-state index contributed by atoms with van der Waals surface area (Å²) in [5, 5.41) is 0. The fourth-order valence-corrected chi connectivity index (χ4v) is 2.58. The lowest BCUT2D eigenvalue weighted by molar-refractivity contribution is -0.150. The molecular weight excluding hydrogens is 282 g/mol. The van der Waals surface area contributed by atoms with E-state index in [2.05, 4.69) is 13.8 Å². The van der Waals surface area contributed by atoms with Gasteiger partial charge in [0.05, 0.1) is 13.2 Å². The summed E-state index contributed by atoms with van der Waals surface area (Å²) in [6.07, 6.45) is 8.31. The molecule has 0 aromatic carbocycles. The highest BCUT2D eigenvalue weighted by molar-refractivity contribution is 5.81. The maximum absolute atomic E-state index is 12.2. The first kappa shape index (κ1) is 18.8. The molecule has 0 N–H and O–H groups in total. The van der Waals surface area contributed by atoms with Crippen LogP contribution in [-0.4, -0.2) is 42.8 Å². The molecule has 5 heteroatoms. The molecule has 0 bridgehead atoms. The van der Waals surface area contributed by atoms with Crippen molar-refractivity contribution < 1.29 is 19.1 Å². The lowest BCUT2D eigenvalue weighted by Crippen LogP contribution is -2.49. The summed E-state index contributed by atoms with van der Waals surface area (Å²) in [5.74, 6) is -0.281. The van der Waals surface area contributed by atoms with Gasteiger partial charge in [0.15, 0.2) is 0 Å². The van der Waals surface area contributed by atoms with Crippen LogP contribution in [-0.2, 0) is 14.3 Å². The summed E-state index contributed by atoms with van der Waals surface area (Å²) >= 11 is 0. The molecule has 1 atom stereocenters. The minimum Gasteiger partial charge on any atom is -0.464 e. The molecule has 0 saturated carbocycles. The Balaban J connectivity index is 2.39. The van der Waals surface area contributed by atoms with Crippen LogP contribution < -0.4 is 0 Å². The second-order valence-electron chi connectivity index (χ2n) is 5.90. The van der Waals surface area contributed by atoms with Gasteiger partial charge in [0.2, 0.25) is 0 Å². The van der Waals surface area contributed by atoms with Crippen molar-refractivity contribution in [2.75, 3.05) is 19.8 Å². The molecule has 0 radical (unpaired) electrons. The first-order chi connectivity index (χ1) is 10.7. The van der Waals surface area contributed by atoms with Gasteiger partial charge >= 0.3 is 12.1 Å². The molecule has 1 fully saturated rings. The van der Waals surface area contributed by atoms with Crippen LogP contribution in [0.15, 0.2) is 0 Å². The molecule has 1 aliphatic heterocycles.